The van der Waals surface area contributed by atoms with E-state index < -0.39 is 5.97 Å². The predicted molar refractivity (Wildman–Crippen MR) is 84.8 cm³/mol. The van der Waals surface area contributed by atoms with E-state index in [-0.39, 0.29) is 18.2 Å². The van der Waals surface area contributed by atoms with Crippen molar-refractivity contribution in [1.29, 1.82) is 0 Å². The number of halogens is 2. The van der Waals surface area contributed by atoms with Crippen LogP contribution in [0.15, 0.2) is 27.1 Å². The van der Waals surface area contributed by atoms with Gasteiger partial charge in [0.2, 0.25) is 0 Å². The minimum atomic E-state index is -0.778. The summed E-state index contributed by atoms with van der Waals surface area (Å²) in [6.45, 7) is 2.54. The molecule has 0 radical (unpaired) electrons. The Bertz CT molecular complexity index is 471. The second kappa shape index (κ2) is 8.42. The number of carboxylic acids is 1. The smallest absolute Gasteiger partial charge is 0.303 e. The van der Waals surface area contributed by atoms with Crippen molar-refractivity contribution in [3.05, 3.63) is 32.7 Å². The summed E-state index contributed by atoms with van der Waals surface area (Å²) < 4.78 is 1.68. The van der Waals surface area contributed by atoms with Gasteiger partial charge in [-0.15, -0.1) is 0 Å². The van der Waals surface area contributed by atoms with E-state index in [9.17, 15) is 9.59 Å². The van der Waals surface area contributed by atoms with Crippen molar-refractivity contribution >= 4 is 43.7 Å². The molecule has 1 aromatic rings. The van der Waals surface area contributed by atoms with Crippen molar-refractivity contribution in [3.63, 3.8) is 0 Å². The van der Waals surface area contributed by atoms with E-state index >= 15 is 0 Å². The first kappa shape index (κ1) is 17.2. The summed E-state index contributed by atoms with van der Waals surface area (Å²) in [4.78, 5) is 22.4. The zero-order valence-electron chi connectivity index (χ0n) is 11.2. The highest BCUT2D eigenvalue weighted by Gasteiger charge is 2.09. The largest absolute Gasteiger partial charge is 0.481 e. The lowest BCUT2D eigenvalue weighted by atomic mass is 10.0. The van der Waals surface area contributed by atoms with Crippen LogP contribution in [0, 0.1) is 5.92 Å². The minimum absolute atomic E-state index is 0.127. The fraction of sp³-hybridized carbons (Fsp3) is 0.429. The van der Waals surface area contributed by atoms with Crippen LogP contribution in [0.25, 0.3) is 0 Å². The molecule has 0 aliphatic heterocycles. The molecule has 1 rings (SSSR count). The van der Waals surface area contributed by atoms with E-state index in [1.54, 1.807) is 12.1 Å². The number of nitrogens with one attached hydrogen (secondary N) is 1. The van der Waals surface area contributed by atoms with Gasteiger partial charge < -0.3 is 10.4 Å². The maximum absolute atomic E-state index is 11.9. The highest BCUT2D eigenvalue weighted by molar-refractivity contribution is 9.11. The average molecular weight is 407 g/mol. The molecule has 1 atom stereocenters. The Morgan fingerprint density at radius 3 is 2.35 bits per heavy atom. The quantitative estimate of drug-likeness (QED) is 0.722. The van der Waals surface area contributed by atoms with Crippen LogP contribution in [0.4, 0.5) is 0 Å². The Hall–Kier alpha value is -0.880. The molecule has 0 saturated carbocycles. The van der Waals surface area contributed by atoms with Gasteiger partial charge in [0, 0.05) is 27.5 Å². The fourth-order valence-corrected chi connectivity index (χ4v) is 3.03. The van der Waals surface area contributed by atoms with Gasteiger partial charge in [-0.25, -0.2) is 0 Å². The van der Waals surface area contributed by atoms with Crippen molar-refractivity contribution in [2.24, 2.45) is 5.92 Å². The number of carboxylic acid groups (broad SMARTS) is 1. The third-order valence-corrected chi connectivity index (χ3v) is 3.81. The molecule has 0 aromatic heterocycles. The molecule has 1 unspecified atom stereocenters. The minimum Gasteiger partial charge on any atom is -0.481 e. The molecule has 0 aliphatic carbocycles. The summed E-state index contributed by atoms with van der Waals surface area (Å²) in [6.07, 6.45) is 1.58. The standard InChI is InChI=1S/C14H17Br2NO3/c1-9(2-3-13(18)19)4-5-17-14(20)10-6-11(15)8-12(16)7-10/h6-9H,2-5H2,1H3,(H,17,20)(H,18,19). The first-order valence-corrected chi connectivity index (χ1v) is 7.93. The van der Waals surface area contributed by atoms with Crippen LogP contribution in [0.2, 0.25) is 0 Å². The fourth-order valence-electron chi connectivity index (χ4n) is 1.73. The normalized spacial score (nSPS) is 11.9. The molecule has 0 heterocycles. The van der Waals surface area contributed by atoms with E-state index in [0.29, 0.717) is 18.5 Å². The first-order valence-electron chi connectivity index (χ1n) is 6.34. The molecule has 20 heavy (non-hydrogen) atoms. The van der Waals surface area contributed by atoms with E-state index in [4.69, 9.17) is 5.11 Å². The molecular weight excluding hydrogens is 390 g/mol. The van der Waals surface area contributed by atoms with Crippen LogP contribution in [-0.2, 0) is 4.79 Å². The summed E-state index contributed by atoms with van der Waals surface area (Å²) >= 11 is 6.68. The molecule has 0 fully saturated rings. The molecule has 1 aromatic carbocycles. The molecule has 4 nitrogen and oxygen atoms in total. The van der Waals surface area contributed by atoms with Crippen molar-refractivity contribution in [2.45, 2.75) is 26.2 Å². The molecular formula is C14H17Br2NO3. The summed E-state index contributed by atoms with van der Waals surface area (Å²) in [5.41, 5.74) is 0.587. The topological polar surface area (TPSA) is 66.4 Å². The van der Waals surface area contributed by atoms with Gasteiger partial charge >= 0.3 is 5.97 Å². The Kier molecular flexibility index (Phi) is 7.23. The molecule has 2 N–H and O–H groups in total. The summed E-state index contributed by atoms with van der Waals surface area (Å²) in [7, 11) is 0. The van der Waals surface area contributed by atoms with E-state index in [1.165, 1.54) is 0 Å². The van der Waals surface area contributed by atoms with Gasteiger partial charge in [0.1, 0.15) is 0 Å². The van der Waals surface area contributed by atoms with Crippen LogP contribution in [0.3, 0.4) is 0 Å². The Balaban J connectivity index is 2.38. The number of carbonyl (C=O) groups excluding carboxylic acids is 1. The van der Waals surface area contributed by atoms with Gasteiger partial charge in [-0.2, -0.15) is 0 Å². The van der Waals surface area contributed by atoms with Gasteiger partial charge in [0.25, 0.3) is 5.91 Å². The van der Waals surface area contributed by atoms with Crippen molar-refractivity contribution in [1.82, 2.24) is 5.32 Å². The Morgan fingerprint density at radius 1 is 1.20 bits per heavy atom. The number of hydrogen-bond donors (Lipinski definition) is 2. The van der Waals surface area contributed by atoms with Gasteiger partial charge in [-0.05, 0) is 37.0 Å². The lowest BCUT2D eigenvalue weighted by Crippen LogP contribution is -2.25. The van der Waals surface area contributed by atoms with Crippen molar-refractivity contribution < 1.29 is 14.7 Å². The molecule has 0 aliphatic rings. The lowest BCUT2D eigenvalue weighted by Gasteiger charge is -2.11. The van der Waals surface area contributed by atoms with Gasteiger partial charge in [0.15, 0.2) is 0 Å². The summed E-state index contributed by atoms with van der Waals surface area (Å²) in [5, 5.41) is 11.4. The number of benzene rings is 1. The maximum atomic E-state index is 11.9. The van der Waals surface area contributed by atoms with Crippen LogP contribution in [0.5, 0.6) is 0 Å². The van der Waals surface area contributed by atoms with Gasteiger partial charge in [-0.1, -0.05) is 38.8 Å². The molecule has 6 heteroatoms. The number of hydrogen-bond acceptors (Lipinski definition) is 2. The number of rotatable bonds is 7. The van der Waals surface area contributed by atoms with Crippen LogP contribution < -0.4 is 5.32 Å². The van der Waals surface area contributed by atoms with Crippen molar-refractivity contribution in [3.8, 4) is 0 Å². The zero-order valence-corrected chi connectivity index (χ0v) is 14.3. The van der Waals surface area contributed by atoms with Crippen molar-refractivity contribution in [2.75, 3.05) is 6.54 Å². The molecule has 0 spiro atoms. The molecule has 110 valence electrons. The SMILES string of the molecule is CC(CCNC(=O)c1cc(Br)cc(Br)c1)CCC(=O)O. The highest BCUT2D eigenvalue weighted by Crippen LogP contribution is 2.20. The zero-order chi connectivity index (χ0) is 15.1. The number of aliphatic carboxylic acids is 1. The number of amides is 1. The average Bonchev–Trinajstić information content (AvgIpc) is 2.35. The Morgan fingerprint density at radius 2 is 1.80 bits per heavy atom. The first-order chi connectivity index (χ1) is 9.38. The predicted octanol–water partition coefficient (Wildman–Crippen LogP) is 3.83. The Labute approximate surface area is 135 Å². The second-order valence-electron chi connectivity index (χ2n) is 4.74. The number of carbonyl (C=O) groups is 2. The third-order valence-electron chi connectivity index (χ3n) is 2.90. The van der Waals surface area contributed by atoms with E-state index in [1.807, 2.05) is 13.0 Å². The maximum Gasteiger partial charge on any atom is 0.303 e. The van der Waals surface area contributed by atoms with E-state index in [2.05, 4.69) is 37.2 Å². The molecule has 0 bridgehead atoms. The van der Waals surface area contributed by atoms with Crippen LogP contribution in [0.1, 0.15) is 36.5 Å². The summed E-state index contributed by atoms with van der Waals surface area (Å²) in [5.74, 6) is -0.627. The summed E-state index contributed by atoms with van der Waals surface area (Å²) in [6, 6.07) is 5.38. The molecule has 1 amide bonds. The van der Waals surface area contributed by atoms with Crippen LogP contribution >= 0.6 is 31.9 Å². The van der Waals surface area contributed by atoms with Gasteiger partial charge in [0.05, 0.1) is 0 Å². The highest BCUT2D eigenvalue weighted by atomic mass is 79.9. The van der Waals surface area contributed by atoms with E-state index in [0.717, 1.165) is 15.4 Å². The molecule has 0 saturated heterocycles. The van der Waals surface area contributed by atoms with Gasteiger partial charge in [-0.3, -0.25) is 9.59 Å². The lowest BCUT2D eigenvalue weighted by molar-refractivity contribution is -0.137. The van der Waals surface area contributed by atoms with Crippen LogP contribution in [-0.4, -0.2) is 23.5 Å². The third kappa shape index (κ3) is 6.52. The second-order valence-corrected chi connectivity index (χ2v) is 6.57. The monoisotopic (exact) mass is 405 g/mol.